The van der Waals surface area contributed by atoms with Crippen molar-refractivity contribution in [2.24, 2.45) is 11.7 Å². The number of carbonyl (C=O) groups is 3. The summed E-state index contributed by atoms with van der Waals surface area (Å²) in [5.41, 5.74) is 5.57. The lowest BCUT2D eigenvalue weighted by Crippen LogP contribution is -2.40. The standard InChI is InChI=1S/C15H28N2O5/c1-3-9-22-13(18)10-11(15(20)21)7-5-6-8-17-14(19)12(16)4-2/h11-12H,3-10,16H2,1-2H3,(H,17,19)(H,20,21). The number of unbranched alkanes of at least 4 members (excludes halogenated alkanes) is 1. The third-order valence-corrected chi connectivity index (χ3v) is 3.28. The number of carbonyl (C=O) groups excluding carboxylic acids is 2. The highest BCUT2D eigenvalue weighted by atomic mass is 16.5. The maximum Gasteiger partial charge on any atom is 0.307 e. The zero-order valence-corrected chi connectivity index (χ0v) is 13.5. The maximum absolute atomic E-state index is 11.4. The van der Waals surface area contributed by atoms with Gasteiger partial charge in [-0.2, -0.15) is 0 Å². The van der Waals surface area contributed by atoms with Crippen LogP contribution in [0.25, 0.3) is 0 Å². The molecule has 7 heteroatoms. The van der Waals surface area contributed by atoms with Crippen molar-refractivity contribution < 1.29 is 24.2 Å². The van der Waals surface area contributed by atoms with Crippen LogP contribution in [-0.2, 0) is 19.1 Å². The van der Waals surface area contributed by atoms with E-state index in [1.165, 1.54) is 0 Å². The normalized spacial score (nSPS) is 13.2. The van der Waals surface area contributed by atoms with E-state index in [-0.39, 0.29) is 12.3 Å². The molecule has 4 N–H and O–H groups in total. The van der Waals surface area contributed by atoms with Crippen LogP contribution in [0.4, 0.5) is 0 Å². The minimum Gasteiger partial charge on any atom is -0.481 e. The Morgan fingerprint density at radius 1 is 1.23 bits per heavy atom. The molecule has 2 unspecified atom stereocenters. The van der Waals surface area contributed by atoms with Crippen LogP contribution < -0.4 is 11.1 Å². The van der Waals surface area contributed by atoms with Gasteiger partial charge in [0.2, 0.25) is 5.91 Å². The van der Waals surface area contributed by atoms with E-state index >= 15 is 0 Å². The van der Waals surface area contributed by atoms with E-state index in [0.717, 1.165) is 0 Å². The number of aliphatic carboxylic acids is 1. The van der Waals surface area contributed by atoms with Crippen LogP contribution in [0.1, 0.15) is 52.4 Å². The van der Waals surface area contributed by atoms with Gasteiger partial charge in [-0.3, -0.25) is 14.4 Å². The van der Waals surface area contributed by atoms with Gasteiger partial charge in [0.1, 0.15) is 0 Å². The summed E-state index contributed by atoms with van der Waals surface area (Å²) < 4.78 is 4.90. The molecule has 128 valence electrons. The third-order valence-electron chi connectivity index (χ3n) is 3.28. The van der Waals surface area contributed by atoms with Crippen LogP contribution in [-0.4, -0.2) is 42.1 Å². The van der Waals surface area contributed by atoms with Gasteiger partial charge in [0.05, 0.1) is 25.0 Å². The summed E-state index contributed by atoms with van der Waals surface area (Å²) in [6.45, 7) is 4.48. The highest BCUT2D eigenvalue weighted by Crippen LogP contribution is 2.14. The van der Waals surface area contributed by atoms with E-state index in [9.17, 15) is 14.4 Å². The van der Waals surface area contributed by atoms with Crippen molar-refractivity contribution in [2.75, 3.05) is 13.2 Å². The first-order valence-electron chi connectivity index (χ1n) is 7.84. The van der Waals surface area contributed by atoms with Gasteiger partial charge in [-0.25, -0.2) is 0 Å². The lowest BCUT2D eigenvalue weighted by Gasteiger charge is -2.13. The van der Waals surface area contributed by atoms with Gasteiger partial charge in [-0.1, -0.05) is 20.3 Å². The lowest BCUT2D eigenvalue weighted by atomic mass is 9.98. The number of carboxylic acids is 1. The zero-order valence-electron chi connectivity index (χ0n) is 13.5. The molecule has 0 aliphatic heterocycles. The molecule has 0 aliphatic carbocycles. The van der Waals surface area contributed by atoms with Gasteiger partial charge in [0, 0.05) is 6.54 Å². The fourth-order valence-corrected chi connectivity index (χ4v) is 1.83. The highest BCUT2D eigenvalue weighted by molar-refractivity contribution is 5.81. The predicted octanol–water partition coefficient (Wildman–Crippen LogP) is 1.05. The second kappa shape index (κ2) is 12.0. The van der Waals surface area contributed by atoms with Crippen LogP contribution >= 0.6 is 0 Å². The van der Waals surface area contributed by atoms with Crippen LogP contribution in [0.5, 0.6) is 0 Å². The van der Waals surface area contributed by atoms with E-state index in [4.69, 9.17) is 15.6 Å². The second-order valence-corrected chi connectivity index (χ2v) is 5.26. The first-order valence-corrected chi connectivity index (χ1v) is 7.84. The summed E-state index contributed by atoms with van der Waals surface area (Å²) in [5.74, 6) is -2.40. The molecule has 0 bridgehead atoms. The molecule has 0 radical (unpaired) electrons. The van der Waals surface area contributed by atoms with Crippen molar-refractivity contribution >= 4 is 17.8 Å². The summed E-state index contributed by atoms with van der Waals surface area (Å²) >= 11 is 0. The smallest absolute Gasteiger partial charge is 0.307 e. The molecule has 0 saturated carbocycles. The molecule has 0 rings (SSSR count). The van der Waals surface area contributed by atoms with Crippen molar-refractivity contribution in [3.63, 3.8) is 0 Å². The average molecular weight is 316 g/mol. The Kier molecular flexibility index (Phi) is 11.1. The summed E-state index contributed by atoms with van der Waals surface area (Å²) in [7, 11) is 0. The number of esters is 1. The quantitative estimate of drug-likeness (QED) is 0.366. The van der Waals surface area contributed by atoms with E-state index in [1.54, 1.807) is 0 Å². The maximum atomic E-state index is 11.4. The van der Waals surface area contributed by atoms with Gasteiger partial charge in [0.25, 0.3) is 0 Å². The molecule has 0 aliphatic rings. The third kappa shape index (κ3) is 9.33. The molecule has 2 atom stereocenters. The fourth-order valence-electron chi connectivity index (χ4n) is 1.83. The number of nitrogens with one attached hydrogen (secondary N) is 1. The highest BCUT2D eigenvalue weighted by Gasteiger charge is 2.21. The largest absolute Gasteiger partial charge is 0.481 e. The van der Waals surface area contributed by atoms with Crippen LogP contribution in [0.15, 0.2) is 0 Å². The van der Waals surface area contributed by atoms with Crippen molar-refractivity contribution in [1.29, 1.82) is 0 Å². The van der Waals surface area contributed by atoms with Crippen molar-refractivity contribution in [3.05, 3.63) is 0 Å². The molecule has 0 aromatic carbocycles. The number of hydrogen-bond acceptors (Lipinski definition) is 5. The first kappa shape index (κ1) is 20.4. The molecule has 0 aromatic rings. The molecule has 1 amide bonds. The number of ether oxygens (including phenoxy) is 1. The van der Waals surface area contributed by atoms with E-state index < -0.39 is 23.9 Å². The Balaban J connectivity index is 3.94. The summed E-state index contributed by atoms with van der Waals surface area (Å²) in [4.78, 5) is 34.0. The average Bonchev–Trinajstić information content (AvgIpc) is 2.49. The Hall–Kier alpha value is -1.63. The molecule has 7 nitrogen and oxygen atoms in total. The monoisotopic (exact) mass is 316 g/mol. The van der Waals surface area contributed by atoms with E-state index in [2.05, 4.69) is 5.32 Å². The molecular weight excluding hydrogens is 288 g/mol. The minimum absolute atomic E-state index is 0.109. The van der Waals surface area contributed by atoms with Crippen LogP contribution in [0.2, 0.25) is 0 Å². The molecular formula is C15H28N2O5. The molecule has 0 aromatic heterocycles. The number of amides is 1. The van der Waals surface area contributed by atoms with Gasteiger partial charge in [-0.05, 0) is 25.7 Å². The Morgan fingerprint density at radius 3 is 2.45 bits per heavy atom. The van der Waals surface area contributed by atoms with Gasteiger partial charge in [0.15, 0.2) is 0 Å². The van der Waals surface area contributed by atoms with Gasteiger partial charge >= 0.3 is 11.9 Å². The number of carboxylic acid groups (broad SMARTS) is 1. The second-order valence-electron chi connectivity index (χ2n) is 5.26. The molecule has 0 spiro atoms. The minimum atomic E-state index is -0.995. The Bertz CT molecular complexity index is 360. The summed E-state index contributed by atoms with van der Waals surface area (Å²) in [6.07, 6.45) is 2.82. The molecule has 0 saturated heterocycles. The van der Waals surface area contributed by atoms with Crippen molar-refractivity contribution in [2.45, 2.75) is 58.4 Å². The number of rotatable bonds is 12. The zero-order chi connectivity index (χ0) is 17.0. The molecule has 0 fully saturated rings. The van der Waals surface area contributed by atoms with E-state index in [0.29, 0.717) is 45.3 Å². The fraction of sp³-hybridized carbons (Fsp3) is 0.800. The molecule has 22 heavy (non-hydrogen) atoms. The first-order chi connectivity index (χ1) is 10.4. The predicted molar refractivity (Wildman–Crippen MR) is 82.1 cm³/mol. The number of nitrogens with two attached hydrogens (primary N) is 1. The SMILES string of the molecule is CCCOC(=O)CC(CCCCNC(=O)C(N)CC)C(=O)O. The van der Waals surface area contributed by atoms with Crippen molar-refractivity contribution in [1.82, 2.24) is 5.32 Å². The van der Waals surface area contributed by atoms with E-state index in [1.807, 2.05) is 13.8 Å². The van der Waals surface area contributed by atoms with Crippen LogP contribution in [0.3, 0.4) is 0 Å². The number of hydrogen-bond donors (Lipinski definition) is 3. The van der Waals surface area contributed by atoms with Gasteiger partial charge in [-0.15, -0.1) is 0 Å². The Morgan fingerprint density at radius 2 is 1.91 bits per heavy atom. The Labute approximate surface area is 131 Å². The summed E-state index contributed by atoms with van der Waals surface area (Å²) in [6, 6.07) is -0.500. The van der Waals surface area contributed by atoms with Crippen molar-refractivity contribution in [3.8, 4) is 0 Å². The lowest BCUT2D eigenvalue weighted by molar-refractivity contribution is -0.151. The van der Waals surface area contributed by atoms with Crippen LogP contribution in [0, 0.1) is 5.92 Å². The summed E-state index contributed by atoms with van der Waals surface area (Å²) in [5, 5.41) is 11.8. The topological polar surface area (TPSA) is 119 Å². The van der Waals surface area contributed by atoms with Gasteiger partial charge < -0.3 is 20.9 Å². The molecule has 0 heterocycles.